The van der Waals surface area contributed by atoms with Crippen LogP contribution >= 0.6 is 11.6 Å². The van der Waals surface area contributed by atoms with Crippen molar-refractivity contribution in [3.8, 4) is 11.6 Å². The number of ether oxygens (including phenoxy) is 1. The Bertz CT molecular complexity index is 765. The number of hydrogen-bond acceptors (Lipinski definition) is 4. The fraction of sp³-hybridized carbons (Fsp3) is 0.522. The van der Waals surface area contributed by atoms with Gasteiger partial charge >= 0.3 is 0 Å². The molecule has 0 aliphatic heterocycles. The van der Waals surface area contributed by atoms with E-state index in [1.807, 2.05) is 6.92 Å². The van der Waals surface area contributed by atoms with E-state index in [0.717, 1.165) is 59.8 Å². The Morgan fingerprint density at radius 2 is 1.68 bits per heavy atom. The maximum absolute atomic E-state index is 6.38. The van der Waals surface area contributed by atoms with Gasteiger partial charge in [0, 0.05) is 24.2 Å². The third kappa shape index (κ3) is 5.78. The average Bonchev–Trinajstić information content (AvgIpc) is 2.64. The second kappa shape index (κ2) is 10.6. The van der Waals surface area contributed by atoms with Crippen molar-refractivity contribution in [1.82, 2.24) is 4.98 Å². The molecular weight excluding hydrogens is 370 g/mol. The fourth-order valence-corrected chi connectivity index (χ4v) is 3.55. The van der Waals surface area contributed by atoms with E-state index in [2.05, 4.69) is 63.5 Å². The normalized spacial score (nSPS) is 11.0. The zero-order valence-corrected chi connectivity index (χ0v) is 18.8. The molecule has 1 aromatic heterocycles. The van der Waals surface area contributed by atoms with E-state index in [1.54, 1.807) is 0 Å². The predicted octanol–water partition coefficient (Wildman–Crippen LogP) is 6.75. The first-order valence-electron chi connectivity index (χ1n) is 10.2. The minimum atomic E-state index is 0.408. The maximum atomic E-state index is 6.38. The Balaban J connectivity index is 2.47. The summed E-state index contributed by atoms with van der Waals surface area (Å²) in [5, 5.41) is 7.16. The first kappa shape index (κ1) is 22.4. The van der Waals surface area contributed by atoms with Crippen LogP contribution in [0.5, 0.6) is 11.6 Å². The number of anilines is 2. The molecule has 2 aromatic rings. The molecule has 0 bridgehead atoms. The molecule has 28 heavy (non-hydrogen) atoms. The molecule has 1 heterocycles. The molecule has 5 heteroatoms. The third-order valence-corrected chi connectivity index (χ3v) is 5.14. The van der Waals surface area contributed by atoms with E-state index in [4.69, 9.17) is 21.3 Å². The molecule has 0 atom stereocenters. The summed E-state index contributed by atoms with van der Waals surface area (Å²) >= 11 is 5.89. The second-order valence-electron chi connectivity index (χ2n) is 7.45. The quantitative estimate of drug-likeness (QED) is 0.340. The first-order valence-corrected chi connectivity index (χ1v) is 10.8. The van der Waals surface area contributed by atoms with E-state index in [9.17, 15) is 0 Å². The van der Waals surface area contributed by atoms with Gasteiger partial charge in [0.15, 0.2) is 0 Å². The van der Waals surface area contributed by atoms with Gasteiger partial charge in [-0.25, -0.2) is 4.98 Å². The Morgan fingerprint density at radius 3 is 2.25 bits per heavy atom. The topological polar surface area (TPSA) is 46.2 Å². The van der Waals surface area contributed by atoms with Crippen LogP contribution in [0.15, 0.2) is 18.2 Å². The van der Waals surface area contributed by atoms with Gasteiger partial charge in [-0.2, -0.15) is 0 Å². The summed E-state index contributed by atoms with van der Waals surface area (Å²) in [7, 11) is 0. The molecule has 1 aromatic carbocycles. The van der Waals surface area contributed by atoms with Crippen LogP contribution in [0, 0.1) is 27.7 Å². The SMILES string of the molecule is CCC(CC)Nc1cc(C)nc(Oc2c(C)cc(C)cc2C)c1NCCCCl. The third-order valence-electron chi connectivity index (χ3n) is 4.88. The van der Waals surface area contributed by atoms with Crippen molar-refractivity contribution in [2.45, 2.75) is 66.8 Å². The highest BCUT2D eigenvalue weighted by Gasteiger charge is 2.17. The summed E-state index contributed by atoms with van der Waals surface area (Å²) in [5.41, 5.74) is 6.32. The number of aryl methyl sites for hydroxylation is 4. The van der Waals surface area contributed by atoms with E-state index < -0.39 is 0 Å². The highest BCUT2D eigenvalue weighted by molar-refractivity contribution is 6.17. The number of alkyl halides is 1. The molecule has 2 rings (SSSR count). The molecule has 0 fully saturated rings. The van der Waals surface area contributed by atoms with Crippen molar-refractivity contribution in [3.63, 3.8) is 0 Å². The minimum Gasteiger partial charge on any atom is -0.436 e. The summed E-state index contributed by atoms with van der Waals surface area (Å²) in [6.07, 6.45) is 3.00. The first-order chi connectivity index (χ1) is 13.4. The van der Waals surface area contributed by atoms with Crippen molar-refractivity contribution in [2.24, 2.45) is 0 Å². The fourth-order valence-electron chi connectivity index (χ4n) is 3.42. The lowest BCUT2D eigenvalue weighted by atomic mass is 10.1. The Hall–Kier alpha value is -1.94. The Kier molecular flexibility index (Phi) is 8.43. The van der Waals surface area contributed by atoms with E-state index in [-0.39, 0.29) is 0 Å². The Labute approximate surface area is 175 Å². The predicted molar refractivity (Wildman–Crippen MR) is 122 cm³/mol. The van der Waals surface area contributed by atoms with E-state index >= 15 is 0 Å². The van der Waals surface area contributed by atoms with Crippen LogP contribution in [0.3, 0.4) is 0 Å². The van der Waals surface area contributed by atoms with Crippen molar-refractivity contribution in [3.05, 3.63) is 40.6 Å². The number of nitrogens with zero attached hydrogens (tertiary/aromatic N) is 1. The van der Waals surface area contributed by atoms with Gasteiger partial charge < -0.3 is 15.4 Å². The van der Waals surface area contributed by atoms with Gasteiger partial charge in [-0.3, -0.25) is 0 Å². The summed E-state index contributed by atoms with van der Waals surface area (Å²) in [6, 6.07) is 6.78. The van der Waals surface area contributed by atoms with Gasteiger partial charge in [0.25, 0.3) is 0 Å². The number of rotatable bonds is 10. The Morgan fingerprint density at radius 1 is 1.04 bits per heavy atom. The standard InChI is InChI=1S/C23H34ClN3O/c1-7-19(8-2)27-20-14-18(6)26-23(21(20)25-11-9-10-24)28-22-16(4)12-15(3)13-17(22)5/h12-14,19,25H,7-11H2,1-6H3,(H,26,27). The van der Waals surface area contributed by atoms with Crippen LogP contribution in [0.4, 0.5) is 11.4 Å². The van der Waals surface area contributed by atoms with Gasteiger partial charge in [-0.05, 0) is 64.2 Å². The van der Waals surface area contributed by atoms with Gasteiger partial charge in [-0.1, -0.05) is 31.5 Å². The van der Waals surface area contributed by atoms with Crippen LogP contribution in [-0.4, -0.2) is 23.5 Å². The number of halogens is 1. The van der Waals surface area contributed by atoms with Gasteiger partial charge in [0.05, 0.1) is 5.69 Å². The molecule has 0 aliphatic rings. The lowest BCUT2D eigenvalue weighted by molar-refractivity contribution is 0.456. The van der Waals surface area contributed by atoms with Crippen molar-refractivity contribution >= 4 is 23.0 Å². The van der Waals surface area contributed by atoms with Gasteiger partial charge in [0.1, 0.15) is 11.4 Å². The van der Waals surface area contributed by atoms with E-state index in [1.165, 1.54) is 5.56 Å². The van der Waals surface area contributed by atoms with Crippen LogP contribution in [0.25, 0.3) is 0 Å². The number of benzene rings is 1. The molecular formula is C23H34ClN3O. The van der Waals surface area contributed by atoms with E-state index in [0.29, 0.717) is 17.8 Å². The van der Waals surface area contributed by atoms with Crippen LogP contribution in [-0.2, 0) is 0 Å². The molecule has 0 saturated heterocycles. The minimum absolute atomic E-state index is 0.408. The zero-order valence-electron chi connectivity index (χ0n) is 18.1. The van der Waals surface area contributed by atoms with Gasteiger partial charge in [-0.15, -0.1) is 11.6 Å². The largest absolute Gasteiger partial charge is 0.436 e. The molecule has 0 radical (unpaired) electrons. The molecule has 0 spiro atoms. The highest BCUT2D eigenvalue weighted by Crippen LogP contribution is 2.38. The summed E-state index contributed by atoms with van der Waals surface area (Å²) in [4.78, 5) is 4.71. The summed E-state index contributed by atoms with van der Waals surface area (Å²) < 4.78 is 6.38. The molecule has 154 valence electrons. The number of nitrogens with one attached hydrogen (secondary N) is 2. The number of hydrogen-bond donors (Lipinski definition) is 2. The molecule has 0 amide bonds. The van der Waals surface area contributed by atoms with Gasteiger partial charge in [0.2, 0.25) is 5.88 Å². The summed E-state index contributed by atoms with van der Waals surface area (Å²) in [6.45, 7) is 13.4. The monoisotopic (exact) mass is 403 g/mol. The highest BCUT2D eigenvalue weighted by atomic mass is 35.5. The average molecular weight is 404 g/mol. The smallest absolute Gasteiger partial charge is 0.245 e. The lowest BCUT2D eigenvalue weighted by Gasteiger charge is -2.23. The zero-order chi connectivity index (χ0) is 20.7. The van der Waals surface area contributed by atoms with Crippen LogP contribution in [0.2, 0.25) is 0 Å². The number of pyridine rings is 1. The molecule has 0 unspecified atom stereocenters. The van der Waals surface area contributed by atoms with Crippen molar-refractivity contribution < 1.29 is 4.74 Å². The maximum Gasteiger partial charge on any atom is 0.245 e. The molecule has 4 nitrogen and oxygen atoms in total. The van der Waals surface area contributed by atoms with Crippen LogP contribution in [0.1, 0.15) is 55.5 Å². The molecule has 0 saturated carbocycles. The second-order valence-corrected chi connectivity index (χ2v) is 7.83. The lowest BCUT2D eigenvalue weighted by Crippen LogP contribution is -2.19. The van der Waals surface area contributed by atoms with Crippen molar-refractivity contribution in [1.29, 1.82) is 0 Å². The number of aromatic nitrogens is 1. The van der Waals surface area contributed by atoms with Crippen molar-refractivity contribution in [2.75, 3.05) is 23.1 Å². The molecule has 2 N–H and O–H groups in total. The van der Waals surface area contributed by atoms with Crippen LogP contribution < -0.4 is 15.4 Å². The summed E-state index contributed by atoms with van der Waals surface area (Å²) in [5.74, 6) is 2.10. The molecule has 0 aliphatic carbocycles.